The number of aliphatic hydroxyl groups is 2. The van der Waals surface area contributed by atoms with Crippen LogP contribution in [0.2, 0.25) is 0 Å². The van der Waals surface area contributed by atoms with Crippen molar-refractivity contribution in [3.05, 3.63) is 0 Å². The standard InChI is InChI=1S/C18H33N3O4/c1-5-17(10-22,11-23)12-25-16(24)18(14-8-20(14)3,15-9-21(15)4)6-13-7-19(13)2/h13-15,22-23H,5-12H2,1-4H3. The van der Waals surface area contributed by atoms with Crippen LogP contribution in [0.1, 0.15) is 19.8 Å². The molecule has 0 aliphatic carbocycles. The van der Waals surface area contributed by atoms with Crippen LogP contribution in [-0.4, -0.2) is 110 Å². The van der Waals surface area contributed by atoms with Gasteiger partial charge >= 0.3 is 5.97 Å². The van der Waals surface area contributed by atoms with Crippen molar-refractivity contribution in [2.45, 2.75) is 37.9 Å². The van der Waals surface area contributed by atoms with Crippen LogP contribution in [0.3, 0.4) is 0 Å². The largest absolute Gasteiger partial charge is 0.464 e. The van der Waals surface area contributed by atoms with Crippen LogP contribution in [0.25, 0.3) is 0 Å². The molecule has 3 saturated heterocycles. The van der Waals surface area contributed by atoms with Crippen LogP contribution in [0.4, 0.5) is 0 Å². The first-order chi connectivity index (χ1) is 11.8. The number of ether oxygens (including phenoxy) is 1. The second-order valence-electron chi connectivity index (χ2n) is 8.49. The molecule has 6 atom stereocenters. The molecule has 0 bridgehead atoms. The quantitative estimate of drug-likeness (QED) is 0.394. The van der Waals surface area contributed by atoms with E-state index >= 15 is 0 Å². The van der Waals surface area contributed by atoms with Crippen LogP contribution in [0.15, 0.2) is 0 Å². The number of carbonyl (C=O) groups is 1. The minimum Gasteiger partial charge on any atom is -0.464 e. The van der Waals surface area contributed by atoms with Crippen molar-refractivity contribution in [1.82, 2.24) is 14.7 Å². The van der Waals surface area contributed by atoms with Gasteiger partial charge in [0, 0.05) is 37.8 Å². The zero-order valence-corrected chi connectivity index (χ0v) is 15.9. The first kappa shape index (κ1) is 19.0. The topological polar surface area (TPSA) is 75.8 Å². The van der Waals surface area contributed by atoms with Crippen LogP contribution in [0, 0.1) is 10.8 Å². The molecule has 25 heavy (non-hydrogen) atoms. The maximum atomic E-state index is 13.3. The summed E-state index contributed by atoms with van der Waals surface area (Å²) in [5.41, 5.74) is -1.26. The van der Waals surface area contributed by atoms with E-state index < -0.39 is 10.8 Å². The van der Waals surface area contributed by atoms with Gasteiger partial charge in [0.25, 0.3) is 0 Å². The van der Waals surface area contributed by atoms with Gasteiger partial charge in [-0.05, 0) is 34.0 Å². The highest BCUT2D eigenvalue weighted by molar-refractivity contribution is 5.80. The van der Waals surface area contributed by atoms with E-state index in [-0.39, 0.29) is 37.9 Å². The minimum atomic E-state index is -0.747. The van der Waals surface area contributed by atoms with Crippen molar-refractivity contribution in [2.75, 3.05) is 60.6 Å². The molecule has 3 fully saturated rings. The number of rotatable bonds is 10. The Morgan fingerprint density at radius 3 is 1.84 bits per heavy atom. The summed E-state index contributed by atoms with van der Waals surface area (Å²) in [7, 11) is 6.21. The number of nitrogens with zero attached hydrogens (tertiary/aromatic N) is 3. The lowest BCUT2D eigenvalue weighted by Crippen LogP contribution is -2.48. The first-order valence-electron chi connectivity index (χ1n) is 9.33. The number of hydrogen-bond donors (Lipinski definition) is 2. The molecule has 7 heteroatoms. The van der Waals surface area contributed by atoms with Crippen molar-refractivity contribution in [2.24, 2.45) is 10.8 Å². The molecule has 3 aliphatic heterocycles. The molecule has 7 nitrogen and oxygen atoms in total. The van der Waals surface area contributed by atoms with E-state index in [1.54, 1.807) is 0 Å². The van der Waals surface area contributed by atoms with Crippen molar-refractivity contribution in [3.8, 4) is 0 Å². The number of esters is 1. The lowest BCUT2D eigenvalue weighted by atomic mass is 9.75. The Kier molecular flexibility index (Phi) is 5.16. The fourth-order valence-electron chi connectivity index (χ4n) is 4.13. The van der Waals surface area contributed by atoms with Gasteiger partial charge in [-0.1, -0.05) is 6.92 Å². The van der Waals surface area contributed by atoms with E-state index in [1.807, 2.05) is 6.92 Å². The smallest absolute Gasteiger partial charge is 0.315 e. The fourth-order valence-corrected chi connectivity index (χ4v) is 4.13. The molecule has 0 aromatic rings. The SMILES string of the molecule is CCC(CO)(CO)COC(=O)C(CC1CN1C)(C1CN1C)C1CN1C. The molecule has 0 spiro atoms. The number of likely N-dealkylation sites (N-methyl/N-ethyl adjacent to an activating group) is 3. The summed E-state index contributed by atoms with van der Waals surface area (Å²) in [6.07, 6.45) is 1.39. The molecule has 144 valence electrons. The van der Waals surface area contributed by atoms with Gasteiger partial charge in [0.2, 0.25) is 0 Å². The van der Waals surface area contributed by atoms with Gasteiger partial charge in [-0.2, -0.15) is 0 Å². The molecule has 6 unspecified atom stereocenters. The number of aliphatic hydroxyl groups excluding tert-OH is 2. The van der Waals surface area contributed by atoms with Gasteiger partial charge in [0.05, 0.1) is 18.6 Å². The zero-order valence-electron chi connectivity index (χ0n) is 15.9. The summed E-state index contributed by atoms with van der Waals surface area (Å²) in [4.78, 5) is 20.0. The Labute approximate surface area is 150 Å². The predicted octanol–water partition coefficient (Wildman–Crippen LogP) is -0.771. The van der Waals surface area contributed by atoms with Crippen molar-refractivity contribution < 1.29 is 19.7 Å². The molecule has 0 radical (unpaired) electrons. The Morgan fingerprint density at radius 1 is 1.04 bits per heavy atom. The summed E-state index contributed by atoms with van der Waals surface area (Å²) in [6.45, 7) is 4.49. The van der Waals surface area contributed by atoms with E-state index in [0.29, 0.717) is 12.5 Å². The Balaban J connectivity index is 1.77. The van der Waals surface area contributed by atoms with Gasteiger partial charge < -0.3 is 19.8 Å². The van der Waals surface area contributed by atoms with Crippen molar-refractivity contribution in [3.63, 3.8) is 0 Å². The maximum absolute atomic E-state index is 13.3. The molecule has 3 heterocycles. The molecule has 3 aliphatic rings. The first-order valence-corrected chi connectivity index (χ1v) is 9.33. The molecular formula is C18H33N3O4. The average Bonchev–Trinajstić information content (AvgIpc) is 3.53. The third-order valence-corrected chi connectivity index (χ3v) is 6.78. The van der Waals surface area contributed by atoms with Gasteiger partial charge in [0.1, 0.15) is 12.0 Å². The lowest BCUT2D eigenvalue weighted by molar-refractivity contribution is -0.164. The van der Waals surface area contributed by atoms with E-state index in [4.69, 9.17) is 4.74 Å². The van der Waals surface area contributed by atoms with Crippen LogP contribution in [0.5, 0.6) is 0 Å². The molecule has 0 amide bonds. The van der Waals surface area contributed by atoms with E-state index in [0.717, 1.165) is 26.1 Å². The molecule has 0 aromatic heterocycles. The Bertz CT molecular complexity index is 486. The monoisotopic (exact) mass is 355 g/mol. The number of carbonyl (C=O) groups excluding carboxylic acids is 1. The Morgan fingerprint density at radius 2 is 1.52 bits per heavy atom. The minimum absolute atomic E-state index is 0.0739. The molecular weight excluding hydrogens is 322 g/mol. The summed E-state index contributed by atoms with van der Waals surface area (Å²) in [5, 5.41) is 19.3. The van der Waals surface area contributed by atoms with Crippen LogP contribution >= 0.6 is 0 Å². The van der Waals surface area contributed by atoms with Crippen LogP contribution < -0.4 is 0 Å². The highest BCUT2D eigenvalue weighted by Crippen LogP contribution is 2.51. The second kappa shape index (κ2) is 6.78. The summed E-state index contributed by atoms with van der Waals surface area (Å²) < 4.78 is 5.78. The second-order valence-corrected chi connectivity index (χ2v) is 8.49. The van der Waals surface area contributed by atoms with E-state index in [1.165, 1.54) is 0 Å². The third kappa shape index (κ3) is 3.45. The van der Waals surface area contributed by atoms with Gasteiger partial charge in [-0.25, -0.2) is 0 Å². The lowest BCUT2D eigenvalue weighted by Gasteiger charge is -2.34. The highest BCUT2D eigenvalue weighted by atomic mass is 16.5. The van der Waals surface area contributed by atoms with E-state index in [9.17, 15) is 15.0 Å². The van der Waals surface area contributed by atoms with Crippen molar-refractivity contribution in [1.29, 1.82) is 0 Å². The van der Waals surface area contributed by atoms with E-state index in [2.05, 4.69) is 35.8 Å². The van der Waals surface area contributed by atoms with Crippen molar-refractivity contribution >= 4 is 5.97 Å². The zero-order chi connectivity index (χ0) is 18.4. The maximum Gasteiger partial charge on any atom is 0.315 e. The molecule has 0 saturated carbocycles. The molecule has 2 N–H and O–H groups in total. The average molecular weight is 355 g/mol. The number of hydrogen-bond acceptors (Lipinski definition) is 7. The highest BCUT2D eigenvalue weighted by Gasteiger charge is 2.66. The summed E-state index contributed by atoms with van der Waals surface area (Å²) >= 11 is 0. The Hall–Kier alpha value is -0.730. The summed E-state index contributed by atoms with van der Waals surface area (Å²) in [6, 6.07) is 0.897. The van der Waals surface area contributed by atoms with Gasteiger partial charge in [-0.3, -0.25) is 14.6 Å². The third-order valence-electron chi connectivity index (χ3n) is 6.78. The van der Waals surface area contributed by atoms with Gasteiger partial charge in [0.15, 0.2) is 0 Å². The normalized spacial score (nSPS) is 38.8. The van der Waals surface area contributed by atoms with Crippen LogP contribution in [-0.2, 0) is 9.53 Å². The molecule has 0 aromatic carbocycles. The summed E-state index contributed by atoms with van der Waals surface area (Å²) in [5.74, 6) is -0.156. The predicted molar refractivity (Wildman–Crippen MR) is 94.2 cm³/mol. The van der Waals surface area contributed by atoms with Gasteiger partial charge in [-0.15, -0.1) is 0 Å². The molecule has 3 rings (SSSR count). The fraction of sp³-hybridized carbons (Fsp3) is 0.944.